The van der Waals surface area contributed by atoms with Gasteiger partial charge in [-0.25, -0.2) is 0 Å². The van der Waals surface area contributed by atoms with Crippen LogP contribution in [0.1, 0.15) is 32.5 Å². The summed E-state index contributed by atoms with van der Waals surface area (Å²) in [4.78, 5) is 0. The van der Waals surface area contributed by atoms with E-state index in [-0.39, 0.29) is 0 Å². The molecule has 0 aromatic carbocycles. The molecule has 0 unspecified atom stereocenters. The van der Waals surface area contributed by atoms with E-state index in [1.807, 2.05) is 7.05 Å². The van der Waals surface area contributed by atoms with Crippen LogP contribution in [0.3, 0.4) is 0 Å². The molecule has 0 radical (unpaired) electrons. The topological polar surface area (TPSA) is 42.7 Å². The maximum absolute atomic E-state index is 4.19. The smallest absolute Gasteiger partial charge is 0.224 e. The third-order valence-corrected chi connectivity index (χ3v) is 2.47. The van der Waals surface area contributed by atoms with Gasteiger partial charge in [-0.2, -0.15) is 0 Å². The van der Waals surface area contributed by atoms with Crippen LogP contribution in [-0.4, -0.2) is 20.8 Å². The Labute approximate surface area is 84.7 Å². The standard InChI is InChI=1S/C10H18N4/c1-7(2)6-9-12-13-10(14(9)3)11-8-4-5-8/h7-8H,4-6H2,1-3H3,(H,11,13). The number of nitrogens with zero attached hydrogens (tertiary/aromatic N) is 3. The molecule has 0 amide bonds. The van der Waals surface area contributed by atoms with Crippen molar-refractivity contribution in [3.05, 3.63) is 5.82 Å². The molecule has 0 aliphatic heterocycles. The lowest BCUT2D eigenvalue weighted by Gasteiger charge is -2.06. The minimum absolute atomic E-state index is 0.631. The van der Waals surface area contributed by atoms with Gasteiger partial charge in [0.2, 0.25) is 5.95 Å². The van der Waals surface area contributed by atoms with E-state index < -0.39 is 0 Å². The maximum atomic E-state index is 4.19. The largest absolute Gasteiger partial charge is 0.352 e. The van der Waals surface area contributed by atoms with Crippen LogP contribution in [0.25, 0.3) is 0 Å². The molecule has 0 bridgehead atoms. The van der Waals surface area contributed by atoms with Gasteiger partial charge in [0.25, 0.3) is 0 Å². The Morgan fingerprint density at radius 3 is 2.71 bits per heavy atom. The van der Waals surface area contributed by atoms with Crippen LogP contribution < -0.4 is 5.32 Å². The van der Waals surface area contributed by atoms with Gasteiger partial charge in [-0.1, -0.05) is 13.8 Å². The molecule has 14 heavy (non-hydrogen) atoms. The molecule has 1 saturated carbocycles. The zero-order valence-corrected chi connectivity index (χ0v) is 9.12. The first kappa shape index (κ1) is 9.49. The van der Waals surface area contributed by atoms with E-state index in [1.165, 1.54) is 12.8 Å². The molecule has 0 spiro atoms. The summed E-state index contributed by atoms with van der Waals surface area (Å²) in [6, 6.07) is 0.643. The molecule has 1 heterocycles. The average molecular weight is 194 g/mol. The van der Waals surface area contributed by atoms with Gasteiger partial charge < -0.3 is 9.88 Å². The second kappa shape index (κ2) is 3.59. The summed E-state index contributed by atoms with van der Waals surface area (Å²) in [6.45, 7) is 4.39. The van der Waals surface area contributed by atoms with E-state index in [1.54, 1.807) is 0 Å². The Morgan fingerprint density at radius 1 is 1.43 bits per heavy atom. The molecular formula is C10H18N4. The Hall–Kier alpha value is -1.06. The minimum atomic E-state index is 0.631. The fraction of sp³-hybridized carbons (Fsp3) is 0.800. The van der Waals surface area contributed by atoms with Crippen molar-refractivity contribution >= 4 is 5.95 Å². The van der Waals surface area contributed by atoms with Crippen molar-refractivity contribution in [2.45, 2.75) is 39.2 Å². The minimum Gasteiger partial charge on any atom is -0.352 e. The van der Waals surface area contributed by atoms with Crippen molar-refractivity contribution in [2.24, 2.45) is 13.0 Å². The van der Waals surface area contributed by atoms with Crippen molar-refractivity contribution in [1.29, 1.82) is 0 Å². The van der Waals surface area contributed by atoms with Gasteiger partial charge in [-0.3, -0.25) is 0 Å². The van der Waals surface area contributed by atoms with Gasteiger partial charge in [-0.05, 0) is 18.8 Å². The first-order chi connectivity index (χ1) is 6.66. The number of rotatable bonds is 4. The average Bonchev–Trinajstić information content (AvgIpc) is 2.86. The van der Waals surface area contributed by atoms with Crippen molar-refractivity contribution in [3.8, 4) is 0 Å². The third-order valence-electron chi connectivity index (χ3n) is 2.47. The summed E-state index contributed by atoms with van der Waals surface area (Å²) >= 11 is 0. The van der Waals surface area contributed by atoms with Crippen LogP contribution in [0, 0.1) is 5.92 Å². The predicted molar refractivity (Wildman–Crippen MR) is 56.2 cm³/mol. The van der Waals surface area contributed by atoms with E-state index in [4.69, 9.17) is 0 Å². The Kier molecular flexibility index (Phi) is 2.44. The summed E-state index contributed by atoms with van der Waals surface area (Å²) in [6.07, 6.45) is 3.54. The second-order valence-corrected chi connectivity index (χ2v) is 4.52. The molecule has 1 aromatic rings. The molecule has 1 N–H and O–H groups in total. The van der Waals surface area contributed by atoms with Gasteiger partial charge in [0.1, 0.15) is 5.82 Å². The van der Waals surface area contributed by atoms with Crippen LogP contribution in [-0.2, 0) is 13.5 Å². The zero-order chi connectivity index (χ0) is 10.1. The molecule has 4 nitrogen and oxygen atoms in total. The third kappa shape index (κ3) is 2.05. The quantitative estimate of drug-likeness (QED) is 0.791. The van der Waals surface area contributed by atoms with E-state index in [0.29, 0.717) is 12.0 Å². The van der Waals surface area contributed by atoms with Gasteiger partial charge in [-0.15, -0.1) is 10.2 Å². The molecule has 78 valence electrons. The zero-order valence-electron chi connectivity index (χ0n) is 9.12. The lowest BCUT2D eigenvalue weighted by Crippen LogP contribution is -2.09. The fourth-order valence-electron chi connectivity index (χ4n) is 1.44. The van der Waals surface area contributed by atoms with E-state index in [0.717, 1.165) is 18.2 Å². The SMILES string of the molecule is CC(C)Cc1nnc(NC2CC2)n1C. The number of nitrogens with one attached hydrogen (secondary N) is 1. The normalized spacial score (nSPS) is 16.3. The number of hydrogen-bond acceptors (Lipinski definition) is 3. The summed E-state index contributed by atoms with van der Waals surface area (Å²) in [5, 5.41) is 11.7. The summed E-state index contributed by atoms with van der Waals surface area (Å²) in [5.74, 6) is 2.62. The van der Waals surface area contributed by atoms with E-state index >= 15 is 0 Å². The lowest BCUT2D eigenvalue weighted by atomic mass is 10.1. The summed E-state index contributed by atoms with van der Waals surface area (Å²) in [5.41, 5.74) is 0. The Balaban J connectivity index is 2.06. The molecule has 2 rings (SSSR count). The molecular weight excluding hydrogens is 176 g/mol. The number of anilines is 1. The summed E-state index contributed by atoms with van der Waals surface area (Å²) in [7, 11) is 2.03. The second-order valence-electron chi connectivity index (χ2n) is 4.52. The summed E-state index contributed by atoms with van der Waals surface area (Å²) < 4.78 is 2.07. The molecule has 0 atom stereocenters. The predicted octanol–water partition coefficient (Wildman–Crippen LogP) is 1.59. The van der Waals surface area contributed by atoms with E-state index in [9.17, 15) is 0 Å². The van der Waals surface area contributed by atoms with Crippen molar-refractivity contribution in [2.75, 3.05) is 5.32 Å². The van der Waals surface area contributed by atoms with Crippen LogP contribution in [0.15, 0.2) is 0 Å². The highest BCUT2D eigenvalue weighted by Gasteiger charge is 2.23. The number of hydrogen-bond donors (Lipinski definition) is 1. The van der Waals surface area contributed by atoms with Gasteiger partial charge in [0, 0.05) is 19.5 Å². The Morgan fingerprint density at radius 2 is 2.14 bits per heavy atom. The molecule has 4 heteroatoms. The van der Waals surface area contributed by atoms with Crippen molar-refractivity contribution < 1.29 is 0 Å². The fourth-order valence-corrected chi connectivity index (χ4v) is 1.44. The lowest BCUT2D eigenvalue weighted by molar-refractivity contribution is 0.601. The van der Waals surface area contributed by atoms with Gasteiger partial charge >= 0.3 is 0 Å². The highest BCUT2D eigenvalue weighted by atomic mass is 15.3. The van der Waals surface area contributed by atoms with Crippen LogP contribution >= 0.6 is 0 Å². The first-order valence-electron chi connectivity index (χ1n) is 5.31. The van der Waals surface area contributed by atoms with Crippen LogP contribution in [0.2, 0.25) is 0 Å². The van der Waals surface area contributed by atoms with Crippen molar-refractivity contribution in [1.82, 2.24) is 14.8 Å². The molecule has 1 fully saturated rings. The first-order valence-corrected chi connectivity index (χ1v) is 5.31. The highest BCUT2D eigenvalue weighted by Crippen LogP contribution is 2.23. The van der Waals surface area contributed by atoms with Gasteiger partial charge in [0.15, 0.2) is 0 Å². The molecule has 1 aromatic heterocycles. The van der Waals surface area contributed by atoms with E-state index in [2.05, 4.69) is 33.9 Å². The molecule has 1 aliphatic carbocycles. The van der Waals surface area contributed by atoms with Crippen LogP contribution in [0.4, 0.5) is 5.95 Å². The molecule has 1 aliphatic rings. The Bertz CT molecular complexity index is 290. The monoisotopic (exact) mass is 194 g/mol. The highest BCUT2D eigenvalue weighted by molar-refractivity contribution is 5.29. The maximum Gasteiger partial charge on any atom is 0.224 e. The van der Waals surface area contributed by atoms with Gasteiger partial charge in [0.05, 0.1) is 0 Å². The van der Waals surface area contributed by atoms with Crippen LogP contribution in [0.5, 0.6) is 0 Å². The number of aromatic nitrogens is 3. The molecule has 0 saturated heterocycles. The van der Waals surface area contributed by atoms with Crippen molar-refractivity contribution in [3.63, 3.8) is 0 Å².